The number of aliphatic hydroxyl groups excluding tert-OH is 1. The van der Waals surface area contributed by atoms with Crippen molar-refractivity contribution < 1.29 is 28.1 Å². The first kappa shape index (κ1) is 14.2. The first-order valence-electron chi connectivity index (χ1n) is 5.31. The van der Waals surface area contributed by atoms with Crippen LogP contribution in [0.2, 0.25) is 5.02 Å². The topological polar surface area (TPSA) is 49.7 Å². The molecule has 0 saturated heterocycles. The van der Waals surface area contributed by atoms with Crippen LogP contribution in [0.4, 0.5) is 13.2 Å². The molecule has 3 nitrogen and oxygen atoms in total. The number of aryl methyl sites for hydroxylation is 1. The van der Waals surface area contributed by atoms with Crippen molar-refractivity contribution in [2.75, 3.05) is 0 Å². The molecule has 0 aromatic heterocycles. The second kappa shape index (κ2) is 4.70. The van der Waals surface area contributed by atoms with Crippen LogP contribution in [0.15, 0.2) is 17.7 Å². The van der Waals surface area contributed by atoms with Crippen molar-refractivity contribution >= 4 is 17.7 Å². The van der Waals surface area contributed by atoms with Gasteiger partial charge in [-0.05, 0) is 30.7 Å². The highest BCUT2D eigenvalue weighted by atomic mass is 35.5. The van der Waals surface area contributed by atoms with Crippen LogP contribution in [0.1, 0.15) is 11.1 Å². The Labute approximate surface area is 111 Å². The van der Waals surface area contributed by atoms with Crippen LogP contribution in [0.3, 0.4) is 0 Å². The summed E-state index contributed by atoms with van der Waals surface area (Å²) in [5.41, 5.74) is 0.0646. The Morgan fingerprint density at radius 1 is 1.32 bits per heavy atom. The molecule has 1 aliphatic heterocycles. The maximum atomic E-state index is 12.8. The summed E-state index contributed by atoms with van der Waals surface area (Å²) in [6.45, 7) is 1.56. The van der Waals surface area contributed by atoms with Gasteiger partial charge in [0.05, 0.1) is 0 Å². The summed E-state index contributed by atoms with van der Waals surface area (Å²) in [7, 11) is 0. The maximum Gasteiger partial charge on any atom is 0.429 e. The van der Waals surface area contributed by atoms with E-state index in [1.54, 1.807) is 6.92 Å². The van der Waals surface area contributed by atoms with Crippen molar-refractivity contribution in [1.29, 1.82) is 0 Å². The van der Waals surface area contributed by atoms with E-state index in [2.05, 4.69) is 0 Å². The average Bonchev–Trinajstić information content (AvgIpc) is 2.25. The predicted octanol–water partition coefficient (Wildman–Crippen LogP) is 2.67. The van der Waals surface area contributed by atoms with Gasteiger partial charge in [-0.3, -0.25) is 0 Å². The smallest absolute Gasteiger partial charge is 0.429 e. The Morgan fingerprint density at radius 3 is 2.47 bits per heavy atom. The van der Waals surface area contributed by atoms with Gasteiger partial charge in [0, 0.05) is 16.2 Å². The third kappa shape index (κ3) is 2.70. The van der Waals surface area contributed by atoms with Crippen LogP contribution in [0.25, 0.3) is 6.08 Å². The monoisotopic (exact) mass is 294 g/mol. The zero-order valence-electron chi connectivity index (χ0n) is 9.70. The zero-order valence-corrected chi connectivity index (χ0v) is 10.5. The van der Waals surface area contributed by atoms with Gasteiger partial charge in [-0.1, -0.05) is 11.6 Å². The van der Waals surface area contributed by atoms with E-state index in [0.29, 0.717) is 10.6 Å². The van der Waals surface area contributed by atoms with E-state index >= 15 is 0 Å². The van der Waals surface area contributed by atoms with Crippen LogP contribution in [0.5, 0.6) is 5.75 Å². The highest BCUT2D eigenvalue weighted by molar-refractivity contribution is 6.30. The minimum absolute atomic E-state index is 0.0381. The lowest BCUT2D eigenvalue weighted by Crippen LogP contribution is -2.41. The molecule has 2 rings (SSSR count). The van der Waals surface area contributed by atoms with Crippen molar-refractivity contribution in [3.05, 3.63) is 33.9 Å². The molecule has 0 spiro atoms. The highest BCUT2D eigenvalue weighted by Crippen LogP contribution is 2.40. The zero-order chi connectivity index (χ0) is 14.4. The summed E-state index contributed by atoms with van der Waals surface area (Å²) in [4.78, 5) is 0. The van der Waals surface area contributed by atoms with E-state index in [1.807, 2.05) is 0 Å². The molecular formula is C12H10ClF3O3. The number of hydrogen-bond donors (Lipinski definition) is 2. The second-order valence-corrected chi connectivity index (χ2v) is 4.63. The fraction of sp³-hybridized carbons (Fsp3) is 0.333. The first-order chi connectivity index (χ1) is 8.70. The van der Waals surface area contributed by atoms with E-state index in [-0.39, 0.29) is 11.3 Å². The van der Waals surface area contributed by atoms with Crippen LogP contribution in [-0.2, 0) is 0 Å². The number of alkyl halides is 3. The van der Waals surface area contributed by atoms with Crippen molar-refractivity contribution in [2.45, 2.75) is 25.5 Å². The summed E-state index contributed by atoms with van der Waals surface area (Å²) in [6.07, 6.45) is -8.32. The molecule has 0 fully saturated rings. The van der Waals surface area contributed by atoms with Crippen LogP contribution < -0.4 is 4.74 Å². The SMILES string of the molecule is Cc1cc(Cl)cc2c1OC(C(F)(F)F)C(C(O)O)=C2. The number of halogens is 4. The van der Waals surface area contributed by atoms with Crippen LogP contribution in [0, 0.1) is 6.92 Å². The van der Waals surface area contributed by atoms with Crippen molar-refractivity contribution in [3.63, 3.8) is 0 Å². The minimum atomic E-state index is -4.74. The van der Waals surface area contributed by atoms with Crippen molar-refractivity contribution in [3.8, 4) is 5.75 Å². The molecule has 19 heavy (non-hydrogen) atoms. The molecule has 1 unspecified atom stereocenters. The standard InChI is InChI=1S/C12H10ClF3O3/c1-5-2-7(13)3-6-4-8(11(17)18)10(12(14,15)16)19-9(5)6/h2-4,10-11,17-18H,1H3. The van der Waals surface area contributed by atoms with Gasteiger partial charge < -0.3 is 14.9 Å². The van der Waals surface area contributed by atoms with Gasteiger partial charge in [0.15, 0.2) is 6.29 Å². The van der Waals surface area contributed by atoms with Gasteiger partial charge in [-0.25, -0.2) is 0 Å². The fourth-order valence-corrected chi connectivity index (χ4v) is 2.21. The lowest BCUT2D eigenvalue weighted by molar-refractivity contribution is -0.192. The highest BCUT2D eigenvalue weighted by Gasteiger charge is 2.48. The Hall–Kier alpha value is -1.24. The molecule has 1 atom stereocenters. The third-order valence-corrected chi connectivity index (χ3v) is 2.94. The predicted molar refractivity (Wildman–Crippen MR) is 62.9 cm³/mol. The molecule has 7 heteroatoms. The first-order valence-corrected chi connectivity index (χ1v) is 5.69. The number of aliphatic hydroxyl groups is 2. The van der Waals surface area contributed by atoms with E-state index in [4.69, 9.17) is 26.6 Å². The van der Waals surface area contributed by atoms with Gasteiger partial charge in [0.25, 0.3) is 0 Å². The summed E-state index contributed by atoms with van der Waals surface area (Å²) in [6, 6.07) is 2.88. The van der Waals surface area contributed by atoms with Gasteiger partial charge >= 0.3 is 6.18 Å². The quantitative estimate of drug-likeness (QED) is 0.783. The molecule has 0 bridgehead atoms. The van der Waals surface area contributed by atoms with Crippen molar-refractivity contribution in [2.24, 2.45) is 0 Å². The van der Waals surface area contributed by atoms with Gasteiger partial charge in [0.2, 0.25) is 6.10 Å². The Kier molecular flexibility index (Phi) is 3.51. The fourth-order valence-electron chi connectivity index (χ4n) is 1.93. The van der Waals surface area contributed by atoms with Gasteiger partial charge in [-0.15, -0.1) is 0 Å². The van der Waals surface area contributed by atoms with Gasteiger partial charge in [-0.2, -0.15) is 13.2 Å². The molecule has 1 aliphatic rings. The summed E-state index contributed by atoms with van der Waals surface area (Å²) < 4.78 is 43.4. The molecular weight excluding hydrogens is 285 g/mol. The second-order valence-electron chi connectivity index (χ2n) is 4.20. The van der Waals surface area contributed by atoms with Crippen LogP contribution in [-0.4, -0.2) is 28.8 Å². The van der Waals surface area contributed by atoms with Gasteiger partial charge in [0.1, 0.15) is 5.75 Å². The molecule has 1 aromatic carbocycles. The van der Waals surface area contributed by atoms with E-state index in [1.165, 1.54) is 12.1 Å². The number of hydrogen-bond acceptors (Lipinski definition) is 3. The lowest BCUT2D eigenvalue weighted by atomic mass is 9.99. The molecule has 0 amide bonds. The number of benzene rings is 1. The summed E-state index contributed by atoms with van der Waals surface area (Å²) in [5, 5.41) is 18.4. The number of ether oxygens (including phenoxy) is 1. The summed E-state index contributed by atoms with van der Waals surface area (Å²) >= 11 is 5.80. The summed E-state index contributed by atoms with van der Waals surface area (Å²) in [5.74, 6) is 0.0381. The largest absolute Gasteiger partial charge is 0.475 e. The van der Waals surface area contributed by atoms with E-state index in [0.717, 1.165) is 6.08 Å². The van der Waals surface area contributed by atoms with E-state index in [9.17, 15) is 13.2 Å². The molecule has 104 valence electrons. The number of fused-ring (bicyclic) bond motifs is 1. The normalized spacial score (nSPS) is 18.9. The molecule has 1 aromatic rings. The molecule has 1 heterocycles. The maximum absolute atomic E-state index is 12.8. The third-order valence-electron chi connectivity index (χ3n) is 2.72. The molecule has 2 N–H and O–H groups in total. The average molecular weight is 295 g/mol. The lowest BCUT2D eigenvalue weighted by Gasteiger charge is -2.30. The molecule has 0 saturated carbocycles. The molecule has 0 aliphatic carbocycles. The Morgan fingerprint density at radius 2 is 1.95 bits per heavy atom. The minimum Gasteiger partial charge on any atom is -0.475 e. The Balaban J connectivity index is 2.58. The number of rotatable bonds is 1. The van der Waals surface area contributed by atoms with Crippen LogP contribution >= 0.6 is 11.6 Å². The Bertz CT molecular complexity index is 538. The van der Waals surface area contributed by atoms with E-state index < -0.39 is 24.1 Å². The molecule has 0 radical (unpaired) electrons. The van der Waals surface area contributed by atoms with Crippen molar-refractivity contribution in [1.82, 2.24) is 0 Å².